The lowest BCUT2D eigenvalue weighted by Crippen LogP contribution is -2.31. The summed E-state index contributed by atoms with van der Waals surface area (Å²) in [7, 11) is 1.69. The zero-order valence-corrected chi connectivity index (χ0v) is 15.4. The average molecular weight is 346 g/mol. The van der Waals surface area contributed by atoms with Gasteiger partial charge in [-0.3, -0.25) is 0 Å². The maximum absolute atomic E-state index is 5.47. The molecule has 24 heavy (non-hydrogen) atoms. The molecule has 0 saturated carbocycles. The van der Waals surface area contributed by atoms with Gasteiger partial charge in [-0.25, -0.2) is 0 Å². The minimum absolute atomic E-state index is 0.837. The van der Waals surface area contributed by atoms with E-state index in [1.54, 1.807) is 18.9 Å². The molecule has 2 aromatic rings. The third-order valence-corrected chi connectivity index (χ3v) is 5.42. The van der Waals surface area contributed by atoms with Crippen molar-refractivity contribution in [2.24, 2.45) is 0 Å². The van der Waals surface area contributed by atoms with Gasteiger partial charge in [0.2, 0.25) is 0 Å². The molecule has 0 aliphatic carbocycles. The van der Waals surface area contributed by atoms with Crippen LogP contribution >= 0.6 is 11.8 Å². The zero-order chi connectivity index (χ0) is 16.8. The number of aromatic nitrogens is 3. The first-order valence-corrected chi connectivity index (χ1v) is 9.73. The van der Waals surface area contributed by atoms with E-state index in [-0.39, 0.29) is 0 Å². The third kappa shape index (κ3) is 3.92. The molecular formula is C18H26N4OS. The van der Waals surface area contributed by atoms with Crippen LogP contribution in [0.4, 0.5) is 0 Å². The zero-order valence-electron chi connectivity index (χ0n) is 14.6. The number of para-hydroxylation sites is 1. The molecule has 130 valence electrons. The van der Waals surface area contributed by atoms with Crippen molar-refractivity contribution in [3.05, 3.63) is 24.3 Å². The Morgan fingerprint density at radius 1 is 1.12 bits per heavy atom. The second-order valence-corrected chi connectivity index (χ2v) is 7.06. The molecule has 1 aliphatic rings. The highest BCUT2D eigenvalue weighted by molar-refractivity contribution is 7.99. The number of thioether (sulfide) groups is 1. The van der Waals surface area contributed by atoms with Gasteiger partial charge in [-0.05, 0) is 45.0 Å². The second kappa shape index (κ2) is 8.53. The van der Waals surface area contributed by atoms with Crippen LogP contribution in [0.3, 0.4) is 0 Å². The molecule has 5 nitrogen and oxygen atoms in total. The number of rotatable bonds is 7. The molecule has 1 aromatic carbocycles. The molecule has 0 N–H and O–H groups in total. The first-order chi connectivity index (χ1) is 11.8. The van der Waals surface area contributed by atoms with Crippen LogP contribution in [0.2, 0.25) is 0 Å². The van der Waals surface area contributed by atoms with Crippen LogP contribution in [0.5, 0.6) is 5.75 Å². The van der Waals surface area contributed by atoms with Crippen LogP contribution < -0.4 is 4.74 Å². The Morgan fingerprint density at radius 3 is 2.67 bits per heavy atom. The molecule has 1 fully saturated rings. The fraction of sp³-hybridized carbons (Fsp3) is 0.556. The summed E-state index contributed by atoms with van der Waals surface area (Å²) in [5, 5.41) is 9.85. The molecule has 0 atom stereocenters. The fourth-order valence-electron chi connectivity index (χ4n) is 3.16. The Balaban J connectivity index is 1.70. The van der Waals surface area contributed by atoms with Crippen LogP contribution in [-0.4, -0.2) is 52.2 Å². The quantitative estimate of drug-likeness (QED) is 0.717. The van der Waals surface area contributed by atoms with Gasteiger partial charge in [-0.1, -0.05) is 30.3 Å². The van der Waals surface area contributed by atoms with Crippen LogP contribution in [0, 0.1) is 0 Å². The molecule has 0 bridgehead atoms. The smallest absolute Gasteiger partial charge is 0.191 e. The minimum atomic E-state index is 0.837. The first-order valence-electron chi connectivity index (χ1n) is 8.75. The van der Waals surface area contributed by atoms with Crippen molar-refractivity contribution in [1.82, 2.24) is 19.7 Å². The Kier molecular flexibility index (Phi) is 6.15. The van der Waals surface area contributed by atoms with Crippen molar-refractivity contribution in [2.45, 2.75) is 37.9 Å². The van der Waals surface area contributed by atoms with E-state index in [1.165, 1.54) is 32.4 Å². The molecule has 1 saturated heterocycles. The number of methoxy groups -OCH3 is 1. The Bertz CT molecular complexity index is 652. The van der Waals surface area contributed by atoms with E-state index in [0.717, 1.165) is 41.1 Å². The van der Waals surface area contributed by atoms with Crippen molar-refractivity contribution in [3.8, 4) is 17.1 Å². The van der Waals surface area contributed by atoms with Crippen molar-refractivity contribution in [1.29, 1.82) is 0 Å². The summed E-state index contributed by atoms with van der Waals surface area (Å²) in [6.07, 6.45) is 4.07. The van der Waals surface area contributed by atoms with Crippen LogP contribution in [-0.2, 0) is 6.54 Å². The van der Waals surface area contributed by atoms with E-state index < -0.39 is 0 Å². The molecule has 0 amide bonds. The number of hydrogen-bond acceptors (Lipinski definition) is 5. The number of ether oxygens (including phenoxy) is 1. The molecule has 6 heteroatoms. The number of likely N-dealkylation sites (tertiary alicyclic amines) is 1. The van der Waals surface area contributed by atoms with E-state index in [1.807, 2.05) is 24.3 Å². The normalized spacial score (nSPS) is 15.6. The fourth-order valence-corrected chi connectivity index (χ4v) is 4.16. The van der Waals surface area contributed by atoms with Gasteiger partial charge in [-0.15, -0.1) is 10.2 Å². The topological polar surface area (TPSA) is 43.2 Å². The molecule has 0 radical (unpaired) electrons. The van der Waals surface area contributed by atoms with Crippen molar-refractivity contribution < 1.29 is 4.74 Å². The minimum Gasteiger partial charge on any atom is -0.496 e. The number of piperidine rings is 1. The summed E-state index contributed by atoms with van der Waals surface area (Å²) in [6.45, 7) is 6.61. The lowest BCUT2D eigenvalue weighted by Gasteiger charge is -2.25. The van der Waals surface area contributed by atoms with Gasteiger partial charge in [-0.2, -0.15) is 0 Å². The average Bonchev–Trinajstić information content (AvgIpc) is 3.05. The molecule has 2 heterocycles. The van der Waals surface area contributed by atoms with Gasteiger partial charge in [0.25, 0.3) is 0 Å². The predicted octanol–water partition coefficient (Wildman–Crippen LogP) is 3.55. The number of benzene rings is 1. The van der Waals surface area contributed by atoms with Gasteiger partial charge >= 0.3 is 0 Å². The maximum Gasteiger partial charge on any atom is 0.191 e. The number of hydrogen-bond donors (Lipinski definition) is 0. The van der Waals surface area contributed by atoms with E-state index in [4.69, 9.17) is 4.74 Å². The van der Waals surface area contributed by atoms with Crippen molar-refractivity contribution >= 4 is 11.8 Å². The van der Waals surface area contributed by atoms with Gasteiger partial charge in [0, 0.05) is 18.8 Å². The highest BCUT2D eigenvalue weighted by Crippen LogP contribution is 2.30. The first kappa shape index (κ1) is 17.3. The molecule has 0 unspecified atom stereocenters. The van der Waals surface area contributed by atoms with Crippen LogP contribution in [0.1, 0.15) is 26.2 Å². The maximum atomic E-state index is 5.47. The van der Waals surface area contributed by atoms with Gasteiger partial charge < -0.3 is 14.2 Å². The molecule has 1 aromatic heterocycles. The van der Waals surface area contributed by atoms with E-state index >= 15 is 0 Å². The summed E-state index contributed by atoms with van der Waals surface area (Å²) in [6, 6.07) is 7.99. The summed E-state index contributed by atoms with van der Waals surface area (Å²) in [5.74, 6) is 2.78. The lowest BCUT2D eigenvalue weighted by atomic mass is 10.1. The van der Waals surface area contributed by atoms with Gasteiger partial charge in [0.1, 0.15) is 5.75 Å². The number of nitrogens with zero attached hydrogens (tertiary/aromatic N) is 4. The second-order valence-electron chi connectivity index (χ2n) is 6.00. The monoisotopic (exact) mass is 346 g/mol. The highest BCUT2D eigenvalue weighted by atomic mass is 32.2. The molecular weight excluding hydrogens is 320 g/mol. The largest absolute Gasteiger partial charge is 0.496 e. The SMILES string of the molecule is CCn1c(SCCN2CCCCC2)nnc1-c1ccccc1OC. The Labute approximate surface area is 148 Å². The van der Waals surface area contributed by atoms with Crippen LogP contribution in [0.25, 0.3) is 11.4 Å². The summed E-state index contributed by atoms with van der Waals surface area (Å²) in [5.41, 5.74) is 0.997. The molecule has 3 rings (SSSR count). The third-order valence-electron chi connectivity index (χ3n) is 4.47. The van der Waals surface area contributed by atoms with Crippen molar-refractivity contribution in [3.63, 3.8) is 0 Å². The van der Waals surface area contributed by atoms with Gasteiger partial charge in [0.15, 0.2) is 11.0 Å². The lowest BCUT2D eigenvalue weighted by molar-refractivity contribution is 0.242. The Hall–Kier alpha value is -1.53. The van der Waals surface area contributed by atoms with E-state index in [2.05, 4.69) is 26.6 Å². The summed E-state index contributed by atoms with van der Waals surface area (Å²) < 4.78 is 7.65. The van der Waals surface area contributed by atoms with Crippen LogP contribution in [0.15, 0.2) is 29.4 Å². The Morgan fingerprint density at radius 2 is 1.92 bits per heavy atom. The van der Waals surface area contributed by atoms with Crippen molar-refractivity contribution in [2.75, 3.05) is 32.5 Å². The summed E-state index contributed by atoms with van der Waals surface area (Å²) in [4.78, 5) is 2.56. The molecule has 1 aliphatic heterocycles. The van der Waals surface area contributed by atoms with E-state index in [0.29, 0.717) is 0 Å². The predicted molar refractivity (Wildman–Crippen MR) is 98.7 cm³/mol. The summed E-state index contributed by atoms with van der Waals surface area (Å²) >= 11 is 1.80. The van der Waals surface area contributed by atoms with E-state index in [9.17, 15) is 0 Å². The molecule has 0 spiro atoms. The van der Waals surface area contributed by atoms with Gasteiger partial charge in [0.05, 0.1) is 12.7 Å². The standard InChI is InChI=1S/C18H26N4OS/c1-3-22-17(15-9-5-6-10-16(15)23-2)19-20-18(22)24-14-13-21-11-7-4-8-12-21/h5-6,9-10H,3-4,7-8,11-14H2,1-2H3. The highest BCUT2D eigenvalue weighted by Gasteiger charge is 2.17.